The van der Waals surface area contributed by atoms with Gasteiger partial charge in [-0.15, -0.1) is 0 Å². The predicted molar refractivity (Wildman–Crippen MR) is 122 cm³/mol. The van der Waals surface area contributed by atoms with Gasteiger partial charge in [0.05, 0.1) is 12.5 Å². The molecule has 0 aliphatic heterocycles. The summed E-state index contributed by atoms with van der Waals surface area (Å²) in [6.45, 7) is 1.44. The molecule has 0 saturated heterocycles. The molecule has 4 atom stereocenters. The molecule has 7 N–H and O–H groups in total. The molecule has 0 unspecified atom stereocenters. The Labute approximate surface area is 195 Å². The van der Waals surface area contributed by atoms with Crippen molar-refractivity contribution in [2.75, 3.05) is 12.0 Å². The lowest BCUT2D eigenvalue weighted by Crippen LogP contribution is -2.57. The number of carbonyl (C=O) groups is 5. The fourth-order valence-corrected chi connectivity index (χ4v) is 3.26. The number of benzene rings is 1. The number of hydrogen-bond donors (Lipinski definition) is 6. The molecular weight excluding hydrogens is 452 g/mol. The minimum atomic E-state index is -1.54. The molecular formula is C21H30N4O7S. The number of carboxylic acid groups (broad SMARTS) is 2. The summed E-state index contributed by atoms with van der Waals surface area (Å²) in [6.07, 6.45) is 1.22. The molecule has 1 rings (SSSR count). The van der Waals surface area contributed by atoms with Crippen LogP contribution in [0.1, 0.15) is 25.3 Å². The molecule has 0 aromatic heterocycles. The summed E-state index contributed by atoms with van der Waals surface area (Å²) in [5, 5.41) is 25.8. The monoisotopic (exact) mass is 482 g/mol. The third-order valence-corrected chi connectivity index (χ3v) is 5.21. The number of aliphatic carboxylic acids is 2. The largest absolute Gasteiger partial charge is 0.481 e. The molecule has 0 fully saturated rings. The molecule has 12 heteroatoms. The third kappa shape index (κ3) is 10.4. The molecule has 0 bridgehead atoms. The summed E-state index contributed by atoms with van der Waals surface area (Å²) in [5.41, 5.74) is 6.18. The van der Waals surface area contributed by atoms with Crippen molar-refractivity contribution in [3.63, 3.8) is 0 Å². The number of rotatable bonds is 14. The highest BCUT2D eigenvalue weighted by Gasteiger charge is 2.31. The lowest BCUT2D eigenvalue weighted by Gasteiger charge is -2.24. The Bertz CT molecular complexity index is 835. The van der Waals surface area contributed by atoms with Crippen LogP contribution in [0, 0.1) is 0 Å². The van der Waals surface area contributed by atoms with E-state index < -0.39 is 60.2 Å². The van der Waals surface area contributed by atoms with Gasteiger partial charge in [-0.05, 0) is 30.9 Å². The molecule has 0 saturated carbocycles. The van der Waals surface area contributed by atoms with Crippen molar-refractivity contribution in [2.45, 2.75) is 50.4 Å². The van der Waals surface area contributed by atoms with E-state index in [-0.39, 0.29) is 12.8 Å². The average Bonchev–Trinajstić information content (AvgIpc) is 2.75. The highest BCUT2D eigenvalue weighted by Crippen LogP contribution is 2.06. The van der Waals surface area contributed by atoms with E-state index in [1.54, 1.807) is 30.3 Å². The molecule has 11 nitrogen and oxygen atoms in total. The molecule has 0 aliphatic rings. The van der Waals surface area contributed by atoms with E-state index in [0.29, 0.717) is 11.3 Å². The Morgan fingerprint density at radius 1 is 0.909 bits per heavy atom. The first-order valence-electron chi connectivity index (χ1n) is 10.2. The molecule has 3 amide bonds. The van der Waals surface area contributed by atoms with Gasteiger partial charge in [0.1, 0.15) is 18.1 Å². The zero-order chi connectivity index (χ0) is 25.0. The second kappa shape index (κ2) is 14.1. The maximum atomic E-state index is 12.7. The van der Waals surface area contributed by atoms with Gasteiger partial charge < -0.3 is 31.9 Å². The van der Waals surface area contributed by atoms with E-state index in [4.69, 9.17) is 5.73 Å². The number of thioether (sulfide) groups is 1. The smallest absolute Gasteiger partial charge is 0.326 e. The summed E-state index contributed by atoms with van der Waals surface area (Å²) in [7, 11) is 0. The summed E-state index contributed by atoms with van der Waals surface area (Å²) >= 11 is 1.43. The van der Waals surface area contributed by atoms with Crippen LogP contribution in [-0.2, 0) is 30.4 Å². The Morgan fingerprint density at radius 3 is 1.97 bits per heavy atom. The van der Waals surface area contributed by atoms with Crippen LogP contribution in [0.3, 0.4) is 0 Å². The van der Waals surface area contributed by atoms with E-state index in [1.807, 2.05) is 6.26 Å². The van der Waals surface area contributed by atoms with Gasteiger partial charge in [0, 0.05) is 6.42 Å². The SMILES string of the molecule is CSCC[C@H](NC(=O)[C@H](C)N)C(=O)N[C@@H](CC(=O)O)C(=O)N[C@@H](Cc1ccccc1)C(=O)O. The molecule has 0 spiro atoms. The summed E-state index contributed by atoms with van der Waals surface area (Å²) in [4.78, 5) is 60.3. The Hall–Kier alpha value is -3.12. The zero-order valence-corrected chi connectivity index (χ0v) is 19.3. The van der Waals surface area contributed by atoms with Crippen LogP contribution in [0.15, 0.2) is 30.3 Å². The number of nitrogens with two attached hydrogens (primary N) is 1. The van der Waals surface area contributed by atoms with Gasteiger partial charge in [0.2, 0.25) is 17.7 Å². The van der Waals surface area contributed by atoms with Crippen molar-refractivity contribution in [3.05, 3.63) is 35.9 Å². The number of nitrogens with one attached hydrogen (secondary N) is 3. The molecule has 33 heavy (non-hydrogen) atoms. The van der Waals surface area contributed by atoms with Gasteiger partial charge in [0.15, 0.2) is 0 Å². The minimum absolute atomic E-state index is 0.0313. The molecule has 1 aromatic rings. The Morgan fingerprint density at radius 2 is 1.45 bits per heavy atom. The lowest BCUT2D eigenvalue weighted by molar-refractivity contribution is -0.143. The standard InChI is InChI=1S/C21H30N4O7S/c1-12(22)18(28)23-14(8-9-33-2)19(29)24-15(11-17(26)27)20(30)25-16(21(31)32)10-13-6-4-3-5-7-13/h3-7,12,14-16H,8-11,22H2,1-2H3,(H,23,28)(H,24,29)(H,25,30)(H,26,27)(H,31,32)/t12-,14-,15-,16-/m0/s1. The van der Waals surface area contributed by atoms with Crippen LogP contribution in [0.2, 0.25) is 0 Å². The van der Waals surface area contributed by atoms with Crippen LogP contribution >= 0.6 is 11.8 Å². The van der Waals surface area contributed by atoms with E-state index in [2.05, 4.69) is 16.0 Å². The number of hydrogen-bond acceptors (Lipinski definition) is 7. The maximum absolute atomic E-state index is 12.7. The van der Waals surface area contributed by atoms with Crippen LogP contribution < -0.4 is 21.7 Å². The topological polar surface area (TPSA) is 188 Å². The molecule has 0 aliphatic carbocycles. The molecule has 182 valence electrons. The first kappa shape index (κ1) is 27.9. The van der Waals surface area contributed by atoms with Gasteiger partial charge >= 0.3 is 11.9 Å². The normalized spacial score (nSPS) is 14.3. The van der Waals surface area contributed by atoms with Crippen molar-refractivity contribution in [1.82, 2.24) is 16.0 Å². The number of carboxylic acids is 2. The molecule has 0 heterocycles. The van der Waals surface area contributed by atoms with E-state index >= 15 is 0 Å². The van der Waals surface area contributed by atoms with Crippen LogP contribution in [0.5, 0.6) is 0 Å². The van der Waals surface area contributed by atoms with Gasteiger partial charge in [-0.25, -0.2) is 4.79 Å². The van der Waals surface area contributed by atoms with E-state index in [1.165, 1.54) is 18.7 Å². The van der Waals surface area contributed by atoms with Crippen LogP contribution in [0.4, 0.5) is 0 Å². The summed E-state index contributed by atoms with van der Waals surface area (Å²) < 4.78 is 0. The second-order valence-corrected chi connectivity index (χ2v) is 8.37. The summed E-state index contributed by atoms with van der Waals surface area (Å²) in [6, 6.07) is 3.78. The fraction of sp³-hybridized carbons (Fsp3) is 0.476. The van der Waals surface area contributed by atoms with Crippen LogP contribution in [-0.4, -0.2) is 76.0 Å². The van der Waals surface area contributed by atoms with Crippen molar-refractivity contribution in [3.8, 4) is 0 Å². The third-order valence-electron chi connectivity index (χ3n) is 4.57. The second-order valence-electron chi connectivity index (χ2n) is 7.38. The van der Waals surface area contributed by atoms with Crippen molar-refractivity contribution in [2.24, 2.45) is 5.73 Å². The van der Waals surface area contributed by atoms with Gasteiger partial charge in [-0.2, -0.15) is 11.8 Å². The van der Waals surface area contributed by atoms with Gasteiger partial charge in [-0.1, -0.05) is 30.3 Å². The Kier molecular flexibility index (Phi) is 11.9. The molecule has 1 aromatic carbocycles. The van der Waals surface area contributed by atoms with Crippen molar-refractivity contribution >= 4 is 41.4 Å². The quantitative estimate of drug-likeness (QED) is 0.200. The van der Waals surface area contributed by atoms with Gasteiger partial charge in [-0.3, -0.25) is 19.2 Å². The fourth-order valence-electron chi connectivity index (χ4n) is 2.79. The maximum Gasteiger partial charge on any atom is 0.326 e. The number of amides is 3. The van der Waals surface area contributed by atoms with Crippen molar-refractivity contribution in [1.29, 1.82) is 0 Å². The van der Waals surface area contributed by atoms with Crippen LogP contribution in [0.25, 0.3) is 0 Å². The van der Waals surface area contributed by atoms with Crippen molar-refractivity contribution < 1.29 is 34.2 Å². The minimum Gasteiger partial charge on any atom is -0.481 e. The first-order valence-corrected chi connectivity index (χ1v) is 11.6. The van der Waals surface area contributed by atoms with Gasteiger partial charge in [0.25, 0.3) is 0 Å². The van der Waals surface area contributed by atoms with E-state index in [9.17, 15) is 34.2 Å². The highest BCUT2D eigenvalue weighted by molar-refractivity contribution is 7.98. The Balaban J connectivity index is 2.97. The average molecular weight is 483 g/mol. The van der Waals surface area contributed by atoms with E-state index in [0.717, 1.165) is 0 Å². The predicted octanol–water partition coefficient (Wildman–Crippen LogP) is -0.657. The highest BCUT2D eigenvalue weighted by atomic mass is 32.2. The number of carbonyl (C=O) groups excluding carboxylic acids is 3. The molecule has 0 radical (unpaired) electrons. The first-order chi connectivity index (χ1) is 15.5. The lowest BCUT2D eigenvalue weighted by atomic mass is 10.0. The summed E-state index contributed by atoms with van der Waals surface area (Å²) in [5.74, 6) is -4.49. The zero-order valence-electron chi connectivity index (χ0n) is 18.4.